The van der Waals surface area contributed by atoms with Gasteiger partial charge in [-0.3, -0.25) is 4.68 Å². The maximum Gasteiger partial charge on any atom is 0.102 e. The third-order valence-corrected chi connectivity index (χ3v) is 1.75. The van der Waals surface area contributed by atoms with E-state index in [4.69, 9.17) is 11.6 Å². The number of nitrogens with zero attached hydrogens (tertiary/aromatic N) is 2. The van der Waals surface area contributed by atoms with E-state index in [0.29, 0.717) is 10.7 Å². The van der Waals surface area contributed by atoms with Gasteiger partial charge < -0.3 is 5.11 Å². The number of hydrogen-bond acceptors (Lipinski definition) is 2. The number of aromatic nitrogens is 2. The van der Waals surface area contributed by atoms with E-state index in [0.717, 1.165) is 0 Å². The van der Waals surface area contributed by atoms with Crippen LogP contribution in [0.5, 0.6) is 0 Å². The Labute approximate surface area is 70.6 Å². The van der Waals surface area contributed by atoms with Gasteiger partial charge in [-0.15, -0.1) is 0 Å². The molecule has 0 radical (unpaired) electrons. The van der Waals surface area contributed by atoms with Crippen LogP contribution in [-0.2, 0) is 12.6 Å². The second-order valence-electron chi connectivity index (χ2n) is 3.02. The number of rotatable bonds is 1. The van der Waals surface area contributed by atoms with Crippen LogP contribution in [0.4, 0.5) is 0 Å². The highest BCUT2D eigenvalue weighted by molar-refractivity contribution is 6.31. The predicted octanol–water partition coefficient (Wildman–Crippen LogP) is 1.30. The average Bonchev–Trinajstić information content (AvgIpc) is 2.08. The molecule has 0 saturated heterocycles. The van der Waals surface area contributed by atoms with Gasteiger partial charge in [0.25, 0.3) is 0 Å². The van der Waals surface area contributed by atoms with Gasteiger partial charge in [-0.05, 0) is 13.8 Å². The molecule has 0 aliphatic heterocycles. The molecule has 11 heavy (non-hydrogen) atoms. The minimum absolute atomic E-state index is 0.500. The van der Waals surface area contributed by atoms with Crippen molar-refractivity contribution in [2.24, 2.45) is 7.05 Å². The van der Waals surface area contributed by atoms with Crippen molar-refractivity contribution in [3.63, 3.8) is 0 Å². The maximum absolute atomic E-state index is 9.59. The monoisotopic (exact) mass is 174 g/mol. The topological polar surface area (TPSA) is 38.0 Å². The first-order chi connectivity index (χ1) is 4.93. The van der Waals surface area contributed by atoms with E-state index in [-0.39, 0.29) is 0 Å². The molecule has 0 saturated carbocycles. The van der Waals surface area contributed by atoms with Gasteiger partial charge in [0.2, 0.25) is 0 Å². The van der Waals surface area contributed by atoms with Gasteiger partial charge in [-0.2, -0.15) is 5.10 Å². The lowest BCUT2D eigenvalue weighted by atomic mass is 10.1. The largest absolute Gasteiger partial charge is 0.384 e. The van der Waals surface area contributed by atoms with Crippen LogP contribution >= 0.6 is 11.6 Å². The van der Waals surface area contributed by atoms with Crippen LogP contribution in [0.2, 0.25) is 5.02 Å². The number of aryl methyl sites for hydroxylation is 1. The van der Waals surface area contributed by atoms with E-state index in [2.05, 4.69) is 5.10 Å². The van der Waals surface area contributed by atoms with Crippen molar-refractivity contribution in [2.45, 2.75) is 19.4 Å². The van der Waals surface area contributed by atoms with Crippen LogP contribution in [0.3, 0.4) is 0 Å². The molecule has 62 valence electrons. The molecular weight excluding hydrogens is 164 g/mol. The molecule has 0 aliphatic carbocycles. The first kappa shape index (κ1) is 8.56. The smallest absolute Gasteiger partial charge is 0.102 e. The Kier molecular flexibility index (Phi) is 1.94. The van der Waals surface area contributed by atoms with Gasteiger partial charge in [0, 0.05) is 7.05 Å². The molecule has 0 fully saturated rings. The van der Waals surface area contributed by atoms with Gasteiger partial charge in [0.15, 0.2) is 0 Å². The molecule has 1 heterocycles. The molecule has 1 N–H and O–H groups in total. The van der Waals surface area contributed by atoms with Crippen LogP contribution in [0.15, 0.2) is 6.20 Å². The van der Waals surface area contributed by atoms with Crippen molar-refractivity contribution in [3.8, 4) is 0 Å². The van der Waals surface area contributed by atoms with Crippen molar-refractivity contribution >= 4 is 11.6 Å². The Bertz CT molecular complexity index is 242. The summed E-state index contributed by atoms with van der Waals surface area (Å²) in [5.41, 5.74) is -0.290. The highest BCUT2D eigenvalue weighted by Gasteiger charge is 2.23. The molecule has 4 heteroatoms. The summed E-state index contributed by atoms with van der Waals surface area (Å²) in [5.74, 6) is 0. The zero-order valence-electron chi connectivity index (χ0n) is 6.80. The second-order valence-corrected chi connectivity index (χ2v) is 3.43. The number of hydrogen-bond donors (Lipinski definition) is 1. The van der Waals surface area contributed by atoms with Crippen LogP contribution in [-0.4, -0.2) is 14.9 Å². The van der Waals surface area contributed by atoms with Crippen LogP contribution in [0.25, 0.3) is 0 Å². The van der Waals surface area contributed by atoms with Crippen molar-refractivity contribution < 1.29 is 5.11 Å². The molecular formula is C7H11ClN2O. The maximum atomic E-state index is 9.59. The van der Waals surface area contributed by atoms with Gasteiger partial charge >= 0.3 is 0 Å². The molecule has 0 amide bonds. The summed E-state index contributed by atoms with van der Waals surface area (Å²) in [6, 6.07) is 0. The molecule has 1 rings (SSSR count). The van der Waals surface area contributed by atoms with Crippen LogP contribution in [0, 0.1) is 0 Å². The Morgan fingerprint density at radius 2 is 2.18 bits per heavy atom. The lowest BCUT2D eigenvalue weighted by molar-refractivity contribution is 0.0697. The highest BCUT2D eigenvalue weighted by atomic mass is 35.5. The summed E-state index contributed by atoms with van der Waals surface area (Å²) in [7, 11) is 1.75. The minimum atomic E-state index is -0.928. The third kappa shape index (κ3) is 1.54. The number of aliphatic hydroxyl groups is 1. The molecule has 1 aromatic rings. The summed E-state index contributed by atoms with van der Waals surface area (Å²) in [4.78, 5) is 0. The van der Waals surface area contributed by atoms with Crippen molar-refractivity contribution in [1.29, 1.82) is 0 Å². The van der Waals surface area contributed by atoms with Gasteiger partial charge in [0.05, 0.1) is 16.9 Å². The highest BCUT2D eigenvalue weighted by Crippen LogP contribution is 2.26. The fourth-order valence-electron chi connectivity index (χ4n) is 1.10. The van der Waals surface area contributed by atoms with E-state index in [1.54, 1.807) is 25.6 Å². The van der Waals surface area contributed by atoms with Crippen molar-refractivity contribution in [3.05, 3.63) is 16.9 Å². The van der Waals surface area contributed by atoms with Crippen LogP contribution in [0.1, 0.15) is 19.5 Å². The lowest BCUT2D eigenvalue weighted by Crippen LogP contribution is -2.20. The minimum Gasteiger partial charge on any atom is -0.384 e. The van der Waals surface area contributed by atoms with Gasteiger partial charge in [-0.25, -0.2) is 0 Å². The summed E-state index contributed by atoms with van der Waals surface area (Å²) in [6.45, 7) is 3.35. The molecule has 0 aliphatic rings. The quantitative estimate of drug-likeness (QED) is 0.697. The second kappa shape index (κ2) is 2.50. The van der Waals surface area contributed by atoms with E-state index in [9.17, 15) is 5.11 Å². The van der Waals surface area contributed by atoms with Gasteiger partial charge in [-0.1, -0.05) is 11.6 Å². The van der Waals surface area contributed by atoms with E-state index >= 15 is 0 Å². The van der Waals surface area contributed by atoms with Gasteiger partial charge in [0.1, 0.15) is 5.60 Å². The third-order valence-electron chi connectivity index (χ3n) is 1.47. The average molecular weight is 175 g/mol. The Hall–Kier alpha value is -0.540. The van der Waals surface area contributed by atoms with Crippen molar-refractivity contribution in [1.82, 2.24) is 9.78 Å². The summed E-state index contributed by atoms with van der Waals surface area (Å²) < 4.78 is 1.57. The Morgan fingerprint density at radius 1 is 1.64 bits per heavy atom. The summed E-state index contributed by atoms with van der Waals surface area (Å²) in [5, 5.41) is 14.0. The fourth-order valence-corrected chi connectivity index (χ4v) is 1.50. The van der Waals surface area contributed by atoms with E-state index in [1.165, 1.54) is 6.20 Å². The first-order valence-corrected chi connectivity index (χ1v) is 3.71. The van der Waals surface area contributed by atoms with Crippen molar-refractivity contribution in [2.75, 3.05) is 0 Å². The molecule has 0 aromatic carbocycles. The standard InChI is InChI=1S/C7H11ClN2O/c1-7(2,11)6-5(8)4-9-10(6)3/h4,11H,1-3H3. The fraction of sp³-hybridized carbons (Fsp3) is 0.571. The van der Waals surface area contributed by atoms with E-state index in [1.807, 2.05) is 0 Å². The summed E-state index contributed by atoms with van der Waals surface area (Å²) in [6.07, 6.45) is 1.52. The summed E-state index contributed by atoms with van der Waals surface area (Å²) >= 11 is 5.79. The lowest BCUT2D eigenvalue weighted by Gasteiger charge is -2.17. The molecule has 1 aromatic heterocycles. The zero-order chi connectivity index (χ0) is 8.65. The Balaban J connectivity index is 3.21. The molecule has 0 bridgehead atoms. The normalized spacial score (nSPS) is 12.1. The van der Waals surface area contributed by atoms with E-state index < -0.39 is 5.60 Å². The number of halogens is 1. The molecule has 0 spiro atoms. The predicted molar refractivity (Wildman–Crippen MR) is 43.5 cm³/mol. The molecule has 0 unspecified atom stereocenters. The zero-order valence-corrected chi connectivity index (χ0v) is 7.55. The van der Waals surface area contributed by atoms with Crippen LogP contribution < -0.4 is 0 Å². The first-order valence-electron chi connectivity index (χ1n) is 3.33. The SMILES string of the molecule is Cn1ncc(Cl)c1C(C)(C)O. The molecule has 3 nitrogen and oxygen atoms in total. The molecule has 0 atom stereocenters. The Morgan fingerprint density at radius 3 is 2.36 bits per heavy atom.